The van der Waals surface area contributed by atoms with Crippen LogP contribution >= 0.6 is 22.9 Å². The van der Waals surface area contributed by atoms with Gasteiger partial charge in [0.15, 0.2) is 5.01 Å². The summed E-state index contributed by atoms with van der Waals surface area (Å²) in [6.45, 7) is 0. The van der Waals surface area contributed by atoms with Gasteiger partial charge < -0.3 is 0 Å². The quantitative estimate of drug-likeness (QED) is 0.755. The number of H-pyrrole nitrogens is 1. The van der Waals surface area contributed by atoms with E-state index in [2.05, 4.69) is 19.6 Å². The first-order valence-electron chi connectivity index (χ1n) is 2.93. The third-order valence-corrected chi connectivity index (χ3v) is 2.24. The maximum Gasteiger partial charge on any atom is 0.439 e. The minimum Gasteiger partial charge on any atom is -0.295 e. The van der Waals surface area contributed by atoms with E-state index in [1.165, 1.54) is 17.5 Å². The molecule has 0 aliphatic carbocycles. The Hall–Kier alpha value is -1.14. The molecule has 7 heteroatoms. The number of hydrogen-bond donors (Lipinski definition) is 1. The van der Waals surface area contributed by atoms with Crippen molar-refractivity contribution in [1.82, 2.24) is 15.1 Å². The van der Waals surface area contributed by atoms with Gasteiger partial charge >= 0.3 is 5.76 Å². The van der Waals surface area contributed by atoms with Crippen LogP contribution < -0.4 is 5.76 Å². The fraction of sp³-hybridized carbons (Fsp3) is 0. The molecule has 0 bridgehead atoms. The van der Waals surface area contributed by atoms with Crippen LogP contribution in [0.15, 0.2) is 15.5 Å². The fourth-order valence-corrected chi connectivity index (χ4v) is 1.53. The van der Waals surface area contributed by atoms with Crippen molar-refractivity contribution in [3.05, 3.63) is 21.1 Å². The zero-order valence-electron chi connectivity index (χ0n) is 5.57. The molecule has 0 amide bonds. The van der Waals surface area contributed by atoms with Gasteiger partial charge in [0.1, 0.15) is 4.34 Å². The van der Waals surface area contributed by atoms with Crippen LogP contribution in [0.3, 0.4) is 0 Å². The van der Waals surface area contributed by atoms with E-state index in [0.717, 1.165) is 0 Å². The van der Waals surface area contributed by atoms with Crippen LogP contribution in [0.2, 0.25) is 4.34 Å². The van der Waals surface area contributed by atoms with E-state index in [4.69, 9.17) is 11.6 Å². The van der Waals surface area contributed by atoms with Gasteiger partial charge in [-0.05, 0) is 0 Å². The number of halogens is 1. The van der Waals surface area contributed by atoms with E-state index in [9.17, 15) is 4.79 Å². The van der Waals surface area contributed by atoms with E-state index in [1.807, 2.05) is 0 Å². The molecule has 2 aromatic rings. The van der Waals surface area contributed by atoms with Crippen molar-refractivity contribution in [1.29, 1.82) is 0 Å². The average molecular weight is 204 g/mol. The first-order chi connectivity index (χ1) is 5.75. The molecule has 0 spiro atoms. The zero-order valence-corrected chi connectivity index (χ0v) is 7.15. The Morgan fingerprint density at radius 1 is 1.67 bits per heavy atom. The van der Waals surface area contributed by atoms with Crippen molar-refractivity contribution < 1.29 is 4.52 Å². The zero-order chi connectivity index (χ0) is 8.55. The molecular formula is C5H2ClN3O2S. The van der Waals surface area contributed by atoms with Gasteiger partial charge in [0, 0.05) is 0 Å². The summed E-state index contributed by atoms with van der Waals surface area (Å²) in [5, 5.41) is 3.98. The van der Waals surface area contributed by atoms with E-state index in [0.29, 0.717) is 15.2 Å². The summed E-state index contributed by atoms with van der Waals surface area (Å²) in [6, 6.07) is 0. The van der Waals surface area contributed by atoms with Crippen LogP contribution in [-0.2, 0) is 0 Å². The summed E-state index contributed by atoms with van der Waals surface area (Å²) < 4.78 is 4.83. The molecule has 5 nitrogen and oxygen atoms in total. The average Bonchev–Trinajstić information content (AvgIpc) is 2.58. The van der Waals surface area contributed by atoms with Gasteiger partial charge in [0.2, 0.25) is 5.82 Å². The molecule has 2 aromatic heterocycles. The molecule has 62 valence electrons. The van der Waals surface area contributed by atoms with Gasteiger partial charge in [-0.3, -0.25) is 9.51 Å². The van der Waals surface area contributed by atoms with Gasteiger partial charge in [-0.1, -0.05) is 28.1 Å². The highest BCUT2D eigenvalue weighted by Gasteiger charge is 2.07. The lowest BCUT2D eigenvalue weighted by molar-refractivity contribution is 0.388. The highest BCUT2D eigenvalue weighted by molar-refractivity contribution is 7.18. The van der Waals surface area contributed by atoms with Crippen molar-refractivity contribution in [2.75, 3.05) is 0 Å². The molecule has 0 radical (unpaired) electrons. The molecule has 0 unspecified atom stereocenters. The Balaban J connectivity index is 2.50. The molecular weight excluding hydrogens is 202 g/mol. The van der Waals surface area contributed by atoms with E-state index < -0.39 is 5.76 Å². The van der Waals surface area contributed by atoms with E-state index in [1.54, 1.807) is 0 Å². The van der Waals surface area contributed by atoms with Crippen LogP contribution in [0, 0.1) is 0 Å². The van der Waals surface area contributed by atoms with Gasteiger partial charge in [0.05, 0.1) is 6.20 Å². The number of nitrogens with zero attached hydrogens (tertiary/aromatic N) is 2. The number of hydrogen-bond acceptors (Lipinski definition) is 5. The maximum absolute atomic E-state index is 10.5. The predicted octanol–water partition coefficient (Wildman–Crippen LogP) is 1.14. The van der Waals surface area contributed by atoms with Gasteiger partial charge in [-0.2, -0.15) is 0 Å². The Bertz CT molecular complexity index is 445. The van der Waals surface area contributed by atoms with Crippen LogP contribution in [0.25, 0.3) is 10.8 Å². The lowest BCUT2D eigenvalue weighted by atomic mass is 10.7. The molecule has 0 aliphatic rings. The number of nitrogens with one attached hydrogen (secondary N) is 1. The van der Waals surface area contributed by atoms with E-state index >= 15 is 0 Å². The molecule has 0 saturated carbocycles. The summed E-state index contributed by atoms with van der Waals surface area (Å²) in [6.07, 6.45) is 1.48. The third-order valence-electron chi connectivity index (χ3n) is 1.12. The normalized spacial score (nSPS) is 10.4. The Morgan fingerprint density at radius 3 is 3.00 bits per heavy atom. The number of rotatable bonds is 1. The number of thiazole rings is 1. The second-order valence-corrected chi connectivity index (χ2v) is 3.58. The highest BCUT2D eigenvalue weighted by Crippen LogP contribution is 2.24. The van der Waals surface area contributed by atoms with Gasteiger partial charge in [0.25, 0.3) is 0 Å². The Kier molecular flexibility index (Phi) is 1.70. The predicted molar refractivity (Wildman–Crippen MR) is 43.2 cm³/mol. The lowest BCUT2D eigenvalue weighted by Crippen LogP contribution is -1.94. The van der Waals surface area contributed by atoms with Crippen LogP contribution in [-0.4, -0.2) is 15.1 Å². The molecule has 0 aliphatic heterocycles. The van der Waals surface area contributed by atoms with E-state index in [-0.39, 0.29) is 0 Å². The number of aromatic amines is 1. The first kappa shape index (κ1) is 7.51. The summed E-state index contributed by atoms with van der Waals surface area (Å²) in [4.78, 5) is 16.8. The van der Waals surface area contributed by atoms with Crippen LogP contribution in [0.1, 0.15) is 0 Å². The molecule has 0 atom stereocenters. The van der Waals surface area contributed by atoms with Crippen molar-refractivity contribution in [2.45, 2.75) is 0 Å². The molecule has 0 aromatic carbocycles. The summed E-state index contributed by atoms with van der Waals surface area (Å²) in [5.41, 5.74) is 0. The summed E-state index contributed by atoms with van der Waals surface area (Å²) in [7, 11) is 0. The first-order valence-corrected chi connectivity index (χ1v) is 4.13. The van der Waals surface area contributed by atoms with Crippen LogP contribution in [0.5, 0.6) is 0 Å². The topological polar surface area (TPSA) is 71.8 Å². The van der Waals surface area contributed by atoms with Crippen LogP contribution in [0.4, 0.5) is 0 Å². The molecule has 0 fully saturated rings. The monoisotopic (exact) mass is 203 g/mol. The minimum atomic E-state index is -0.601. The Morgan fingerprint density at radius 2 is 2.50 bits per heavy atom. The second kappa shape index (κ2) is 2.72. The van der Waals surface area contributed by atoms with Gasteiger partial charge in [-0.25, -0.2) is 9.78 Å². The van der Waals surface area contributed by atoms with Crippen molar-refractivity contribution in [2.24, 2.45) is 0 Å². The summed E-state index contributed by atoms with van der Waals surface area (Å²) >= 11 is 6.84. The standard InChI is InChI=1S/C5H2ClN3O2S/c6-2-1-7-4(12-2)3-8-5(10)11-9-3/h1H,(H,8,9,10). The molecule has 12 heavy (non-hydrogen) atoms. The third kappa shape index (κ3) is 1.26. The SMILES string of the molecule is O=c1[nH]c(-c2ncc(Cl)s2)no1. The molecule has 1 N–H and O–H groups in total. The second-order valence-electron chi connectivity index (χ2n) is 1.91. The maximum atomic E-state index is 10.5. The van der Waals surface area contributed by atoms with Crippen molar-refractivity contribution in [3.8, 4) is 10.8 Å². The van der Waals surface area contributed by atoms with Crippen molar-refractivity contribution >= 4 is 22.9 Å². The summed E-state index contributed by atoms with van der Waals surface area (Å²) in [5.74, 6) is -0.298. The largest absolute Gasteiger partial charge is 0.439 e. The Labute approximate surface area is 75.0 Å². The minimum absolute atomic E-state index is 0.303. The lowest BCUT2D eigenvalue weighted by Gasteiger charge is -1.80. The fourth-order valence-electron chi connectivity index (χ4n) is 0.686. The highest BCUT2D eigenvalue weighted by atomic mass is 35.5. The number of aromatic nitrogens is 3. The molecule has 2 heterocycles. The van der Waals surface area contributed by atoms with Crippen molar-refractivity contribution in [3.63, 3.8) is 0 Å². The smallest absolute Gasteiger partial charge is 0.295 e. The molecule has 0 saturated heterocycles. The van der Waals surface area contributed by atoms with Gasteiger partial charge in [-0.15, -0.1) is 0 Å². The molecule has 2 rings (SSSR count).